The van der Waals surface area contributed by atoms with Crippen molar-refractivity contribution < 1.29 is 24.0 Å². The van der Waals surface area contributed by atoms with Gasteiger partial charge in [-0.1, -0.05) is 28.1 Å². The molecule has 7 nitrogen and oxygen atoms in total. The number of nitro groups is 1. The largest absolute Gasteiger partial charge is 0.468 e. The zero-order valence-electron chi connectivity index (χ0n) is 11.4. The van der Waals surface area contributed by atoms with Crippen molar-refractivity contribution in [1.29, 1.82) is 0 Å². The molecule has 0 bridgehead atoms. The van der Waals surface area contributed by atoms with E-state index < -0.39 is 35.2 Å². The number of hydrogen-bond acceptors (Lipinski definition) is 6. The maximum Gasteiger partial charge on any atom is 0.320 e. The number of halogens is 1. The van der Waals surface area contributed by atoms with Gasteiger partial charge >= 0.3 is 11.9 Å². The lowest BCUT2D eigenvalue weighted by atomic mass is 9.86. The molecule has 1 aromatic carbocycles. The summed E-state index contributed by atoms with van der Waals surface area (Å²) in [6.45, 7) is -0.592. The number of rotatable bonds is 6. The second-order valence-corrected chi connectivity index (χ2v) is 5.12. The van der Waals surface area contributed by atoms with E-state index >= 15 is 0 Å². The van der Waals surface area contributed by atoms with E-state index in [0.717, 1.165) is 14.2 Å². The molecule has 0 fully saturated rings. The first kappa shape index (κ1) is 17.1. The Bertz CT molecular complexity index is 531. The van der Waals surface area contributed by atoms with Crippen LogP contribution < -0.4 is 0 Å². The molecule has 114 valence electrons. The average molecular weight is 360 g/mol. The molecule has 0 heterocycles. The molecule has 0 N–H and O–H groups in total. The molecule has 0 saturated carbocycles. The Morgan fingerprint density at radius 3 is 2.29 bits per heavy atom. The van der Waals surface area contributed by atoms with E-state index in [4.69, 9.17) is 0 Å². The van der Waals surface area contributed by atoms with Gasteiger partial charge in [0.2, 0.25) is 6.54 Å². The van der Waals surface area contributed by atoms with Crippen LogP contribution in [0.4, 0.5) is 0 Å². The van der Waals surface area contributed by atoms with Crippen molar-refractivity contribution in [3.05, 3.63) is 44.4 Å². The van der Waals surface area contributed by atoms with Gasteiger partial charge in [-0.25, -0.2) is 0 Å². The van der Waals surface area contributed by atoms with Crippen LogP contribution in [-0.2, 0) is 19.1 Å². The number of ether oxygens (including phenoxy) is 2. The minimum absolute atomic E-state index is 0.474. The Morgan fingerprint density at radius 2 is 1.86 bits per heavy atom. The SMILES string of the molecule is COC(=O)C(C(=O)OC)C(C[N+](=O)[O-])c1cccc(Br)c1. The molecule has 21 heavy (non-hydrogen) atoms. The molecule has 0 radical (unpaired) electrons. The predicted molar refractivity (Wildman–Crippen MR) is 76.3 cm³/mol. The molecule has 0 saturated heterocycles. The van der Waals surface area contributed by atoms with Crippen molar-refractivity contribution in [1.82, 2.24) is 0 Å². The van der Waals surface area contributed by atoms with Crippen LogP contribution in [0.15, 0.2) is 28.7 Å². The van der Waals surface area contributed by atoms with Gasteiger partial charge < -0.3 is 9.47 Å². The first-order chi connectivity index (χ1) is 9.90. The number of benzene rings is 1. The van der Waals surface area contributed by atoms with E-state index in [0.29, 0.717) is 10.0 Å². The first-order valence-corrected chi connectivity index (χ1v) is 6.73. The molecule has 0 aliphatic heterocycles. The predicted octanol–water partition coefficient (Wildman–Crippen LogP) is 1.77. The minimum Gasteiger partial charge on any atom is -0.468 e. The summed E-state index contributed by atoms with van der Waals surface area (Å²) in [6, 6.07) is 6.63. The summed E-state index contributed by atoms with van der Waals surface area (Å²) in [6.07, 6.45) is 0. The molecule has 0 aliphatic carbocycles. The fourth-order valence-corrected chi connectivity index (χ4v) is 2.40. The monoisotopic (exact) mass is 359 g/mol. The summed E-state index contributed by atoms with van der Waals surface area (Å²) in [5, 5.41) is 10.9. The van der Waals surface area contributed by atoms with Crippen molar-refractivity contribution in [3.63, 3.8) is 0 Å². The molecule has 1 unspecified atom stereocenters. The van der Waals surface area contributed by atoms with E-state index in [1.165, 1.54) is 0 Å². The van der Waals surface area contributed by atoms with E-state index in [1.54, 1.807) is 24.3 Å². The third-order valence-electron chi connectivity index (χ3n) is 2.94. The van der Waals surface area contributed by atoms with Gasteiger partial charge in [0.05, 0.1) is 20.1 Å². The quantitative estimate of drug-likeness (QED) is 0.332. The topological polar surface area (TPSA) is 95.7 Å². The summed E-state index contributed by atoms with van der Waals surface area (Å²) in [4.78, 5) is 34.0. The molecule has 0 amide bonds. The maximum absolute atomic E-state index is 11.8. The number of carbonyl (C=O) groups is 2. The molecule has 0 aromatic heterocycles. The lowest BCUT2D eigenvalue weighted by Crippen LogP contribution is -2.35. The molecule has 1 rings (SSSR count). The molecule has 1 atom stereocenters. The van der Waals surface area contributed by atoms with Gasteiger partial charge in [0.25, 0.3) is 0 Å². The second-order valence-electron chi connectivity index (χ2n) is 4.20. The highest BCUT2D eigenvalue weighted by atomic mass is 79.9. The van der Waals surface area contributed by atoms with Gasteiger partial charge in [-0.2, -0.15) is 0 Å². The summed E-state index contributed by atoms with van der Waals surface area (Å²) in [5.74, 6) is -4.10. The van der Waals surface area contributed by atoms with Crippen molar-refractivity contribution in [3.8, 4) is 0 Å². The highest BCUT2D eigenvalue weighted by Crippen LogP contribution is 2.29. The van der Waals surface area contributed by atoms with E-state index in [-0.39, 0.29) is 0 Å². The van der Waals surface area contributed by atoms with Crippen molar-refractivity contribution >= 4 is 27.9 Å². The fourth-order valence-electron chi connectivity index (χ4n) is 1.98. The van der Waals surface area contributed by atoms with E-state index in [9.17, 15) is 19.7 Å². The van der Waals surface area contributed by atoms with Crippen molar-refractivity contribution in [2.75, 3.05) is 20.8 Å². The fraction of sp³-hybridized carbons (Fsp3) is 0.385. The maximum atomic E-state index is 11.8. The Morgan fingerprint density at radius 1 is 1.29 bits per heavy atom. The zero-order chi connectivity index (χ0) is 16.0. The highest BCUT2D eigenvalue weighted by molar-refractivity contribution is 9.10. The molecule has 0 aliphatic rings. The summed E-state index contributed by atoms with van der Waals surface area (Å²) >= 11 is 3.25. The number of nitrogens with zero attached hydrogens (tertiary/aromatic N) is 1. The molecular formula is C13H14BrNO6. The average Bonchev–Trinajstić information content (AvgIpc) is 2.45. The summed E-state index contributed by atoms with van der Waals surface area (Å²) in [5.41, 5.74) is 0.474. The van der Waals surface area contributed by atoms with Crippen LogP contribution in [0, 0.1) is 16.0 Å². The van der Waals surface area contributed by atoms with E-state index in [1.807, 2.05) is 0 Å². The normalized spacial score (nSPS) is 11.8. The van der Waals surface area contributed by atoms with Gasteiger partial charge in [-0.05, 0) is 17.7 Å². The number of esters is 2. The Kier molecular flexibility index (Phi) is 6.29. The Hall–Kier alpha value is -1.96. The van der Waals surface area contributed by atoms with Crippen molar-refractivity contribution in [2.24, 2.45) is 5.92 Å². The Balaban J connectivity index is 3.29. The van der Waals surface area contributed by atoms with Crippen molar-refractivity contribution in [2.45, 2.75) is 5.92 Å². The molecule has 8 heteroatoms. The highest BCUT2D eigenvalue weighted by Gasteiger charge is 2.40. The van der Waals surface area contributed by atoms with Crippen LogP contribution in [0.1, 0.15) is 11.5 Å². The second kappa shape index (κ2) is 7.72. The zero-order valence-corrected chi connectivity index (χ0v) is 13.0. The van der Waals surface area contributed by atoms with Gasteiger partial charge in [0.1, 0.15) is 0 Å². The number of methoxy groups -OCH3 is 2. The summed E-state index contributed by atoms with van der Waals surface area (Å²) in [7, 11) is 2.23. The van der Waals surface area contributed by atoms with Gasteiger partial charge in [-0.15, -0.1) is 0 Å². The van der Waals surface area contributed by atoms with Crippen LogP contribution in [0.3, 0.4) is 0 Å². The van der Waals surface area contributed by atoms with Crippen LogP contribution in [0.5, 0.6) is 0 Å². The third kappa shape index (κ3) is 4.52. The van der Waals surface area contributed by atoms with E-state index in [2.05, 4.69) is 25.4 Å². The van der Waals surface area contributed by atoms with Gasteiger partial charge in [0.15, 0.2) is 5.92 Å². The molecular weight excluding hydrogens is 346 g/mol. The van der Waals surface area contributed by atoms with Crippen LogP contribution in [0.2, 0.25) is 0 Å². The van der Waals surface area contributed by atoms with Gasteiger partial charge in [0, 0.05) is 9.40 Å². The minimum atomic E-state index is -1.39. The standard InChI is InChI=1S/C13H14BrNO6/c1-20-12(16)11(13(17)21-2)10(7-15(18)19)8-4-3-5-9(14)6-8/h3-6,10-11H,7H2,1-2H3. The lowest BCUT2D eigenvalue weighted by molar-refractivity contribution is -0.484. The molecule has 0 spiro atoms. The number of carbonyl (C=O) groups excluding carboxylic acids is 2. The Labute approximate surface area is 129 Å². The summed E-state index contributed by atoms with van der Waals surface area (Å²) < 4.78 is 9.83. The lowest BCUT2D eigenvalue weighted by Gasteiger charge is -2.20. The molecule has 1 aromatic rings. The van der Waals surface area contributed by atoms with Gasteiger partial charge in [-0.3, -0.25) is 19.7 Å². The van der Waals surface area contributed by atoms with Crippen LogP contribution in [-0.4, -0.2) is 37.6 Å². The van der Waals surface area contributed by atoms with Crippen LogP contribution in [0.25, 0.3) is 0 Å². The van der Waals surface area contributed by atoms with Crippen LogP contribution >= 0.6 is 15.9 Å². The third-order valence-corrected chi connectivity index (χ3v) is 3.43. The smallest absolute Gasteiger partial charge is 0.320 e. The first-order valence-electron chi connectivity index (χ1n) is 5.93. The number of hydrogen-bond donors (Lipinski definition) is 0.